The Kier molecular flexibility index (Phi) is 6.54. The lowest BCUT2D eigenvalue weighted by Gasteiger charge is -2.32. The summed E-state index contributed by atoms with van der Waals surface area (Å²) in [7, 11) is 0. The summed E-state index contributed by atoms with van der Waals surface area (Å²) < 4.78 is 0. The van der Waals surface area contributed by atoms with E-state index in [4.69, 9.17) is 16.6 Å². The van der Waals surface area contributed by atoms with Gasteiger partial charge in [-0.25, -0.2) is 4.98 Å². The molecule has 5 nitrogen and oxygen atoms in total. The van der Waals surface area contributed by atoms with E-state index in [1.807, 2.05) is 29.6 Å². The van der Waals surface area contributed by atoms with Crippen LogP contribution in [-0.2, 0) is 11.2 Å². The molecule has 1 atom stereocenters. The smallest absolute Gasteiger partial charge is 0.240 e. The number of pyridine rings is 1. The molecule has 1 saturated heterocycles. The van der Waals surface area contributed by atoms with Crippen molar-refractivity contribution in [1.29, 1.82) is 0 Å². The van der Waals surface area contributed by atoms with Crippen molar-refractivity contribution in [3.63, 3.8) is 0 Å². The minimum atomic E-state index is -0.00921. The third kappa shape index (κ3) is 5.63. The minimum absolute atomic E-state index is 0.00921. The molecule has 0 saturated carbocycles. The second-order valence-corrected chi connectivity index (χ2v) is 8.65. The number of carbonyl (C=O) groups is 1. The van der Waals surface area contributed by atoms with E-state index in [1.165, 1.54) is 16.9 Å². The highest BCUT2D eigenvalue weighted by atomic mass is 35.5. The summed E-state index contributed by atoms with van der Waals surface area (Å²) in [4.78, 5) is 23.5. The van der Waals surface area contributed by atoms with E-state index >= 15 is 0 Å². The van der Waals surface area contributed by atoms with Crippen LogP contribution in [-0.4, -0.2) is 40.4 Å². The van der Waals surface area contributed by atoms with Gasteiger partial charge in [0.15, 0.2) is 5.13 Å². The summed E-state index contributed by atoms with van der Waals surface area (Å²) in [5, 5.41) is 6.12. The first-order chi connectivity index (χ1) is 14.2. The SMILES string of the molecule is O=C(CN1CCC[C@@H](c2cccc(Cc3ccc(Cl)cc3)n2)C1)Nc1nccs1. The molecule has 1 aromatic carbocycles. The molecule has 29 heavy (non-hydrogen) atoms. The second kappa shape index (κ2) is 9.48. The quantitative estimate of drug-likeness (QED) is 0.625. The lowest BCUT2D eigenvalue weighted by atomic mass is 9.94. The predicted molar refractivity (Wildman–Crippen MR) is 118 cm³/mol. The number of hydrogen-bond donors (Lipinski definition) is 1. The van der Waals surface area contributed by atoms with Gasteiger partial charge in [-0.1, -0.05) is 29.8 Å². The van der Waals surface area contributed by atoms with Crippen molar-refractivity contribution in [2.45, 2.75) is 25.2 Å². The minimum Gasteiger partial charge on any atom is -0.301 e. The van der Waals surface area contributed by atoms with Gasteiger partial charge in [0.1, 0.15) is 0 Å². The van der Waals surface area contributed by atoms with Gasteiger partial charge in [-0.2, -0.15) is 0 Å². The van der Waals surface area contributed by atoms with Gasteiger partial charge in [-0.05, 0) is 49.2 Å². The summed E-state index contributed by atoms with van der Waals surface area (Å²) in [5.41, 5.74) is 3.37. The van der Waals surface area contributed by atoms with Crippen molar-refractivity contribution in [3.05, 3.63) is 76.0 Å². The number of benzene rings is 1. The van der Waals surface area contributed by atoms with Crippen LogP contribution in [0, 0.1) is 0 Å². The topological polar surface area (TPSA) is 58.1 Å². The van der Waals surface area contributed by atoms with Gasteiger partial charge < -0.3 is 5.32 Å². The Balaban J connectivity index is 1.37. The van der Waals surface area contributed by atoms with Gasteiger partial charge in [0.2, 0.25) is 5.91 Å². The highest BCUT2D eigenvalue weighted by molar-refractivity contribution is 7.13. The van der Waals surface area contributed by atoms with Crippen LogP contribution in [0.1, 0.15) is 35.7 Å². The molecule has 2 aromatic heterocycles. The van der Waals surface area contributed by atoms with Gasteiger partial charge in [0, 0.05) is 46.9 Å². The fourth-order valence-electron chi connectivity index (χ4n) is 3.72. The summed E-state index contributed by atoms with van der Waals surface area (Å²) >= 11 is 7.41. The number of nitrogens with one attached hydrogen (secondary N) is 1. The van der Waals surface area contributed by atoms with Crippen molar-refractivity contribution < 1.29 is 4.79 Å². The Morgan fingerprint density at radius 1 is 1.24 bits per heavy atom. The predicted octanol–water partition coefficient (Wildman–Crippen LogP) is 4.60. The van der Waals surface area contributed by atoms with E-state index in [0.717, 1.165) is 48.8 Å². The summed E-state index contributed by atoms with van der Waals surface area (Å²) in [5.74, 6) is 0.339. The molecule has 1 aliphatic rings. The summed E-state index contributed by atoms with van der Waals surface area (Å²) in [6, 6.07) is 14.2. The average molecular weight is 427 g/mol. The lowest BCUT2D eigenvalue weighted by molar-refractivity contribution is -0.117. The molecule has 1 amide bonds. The van der Waals surface area contributed by atoms with Crippen molar-refractivity contribution in [2.24, 2.45) is 0 Å². The molecule has 0 spiro atoms. The zero-order valence-electron chi connectivity index (χ0n) is 16.1. The number of nitrogens with zero attached hydrogens (tertiary/aromatic N) is 3. The fraction of sp³-hybridized carbons (Fsp3) is 0.318. The van der Waals surface area contributed by atoms with Crippen LogP contribution in [0.3, 0.4) is 0 Å². The van der Waals surface area contributed by atoms with Gasteiger partial charge in [0.25, 0.3) is 0 Å². The number of thiazole rings is 1. The van der Waals surface area contributed by atoms with E-state index in [1.54, 1.807) is 6.20 Å². The molecule has 0 radical (unpaired) electrons. The van der Waals surface area contributed by atoms with Crippen LogP contribution in [0.4, 0.5) is 5.13 Å². The molecule has 3 heterocycles. The second-order valence-electron chi connectivity index (χ2n) is 7.32. The summed E-state index contributed by atoms with van der Waals surface area (Å²) in [6.07, 6.45) is 4.65. The number of carbonyl (C=O) groups excluding carboxylic acids is 1. The number of rotatable bonds is 6. The number of aromatic nitrogens is 2. The molecule has 1 fully saturated rings. The van der Waals surface area contributed by atoms with Gasteiger partial charge in [-0.15, -0.1) is 11.3 Å². The molecule has 0 bridgehead atoms. The standard InChI is InChI=1S/C22H23ClN4OS/c23-18-8-6-16(7-9-18)13-19-4-1-5-20(25-19)17-3-2-11-27(14-17)15-21(28)26-22-24-10-12-29-22/h1,4-10,12,17H,2-3,11,13-15H2,(H,24,26,28)/t17-/m1/s1. The molecular weight excluding hydrogens is 404 g/mol. The maximum absolute atomic E-state index is 12.3. The Bertz CT molecular complexity index is 946. The molecule has 1 N–H and O–H groups in total. The molecule has 0 unspecified atom stereocenters. The molecule has 1 aliphatic heterocycles. The van der Waals surface area contributed by atoms with Crippen LogP contribution >= 0.6 is 22.9 Å². The van der Waals surface area contributed by atoms with Crippen LogP contribution in [0.15, 0.2) is 54.0 Å². The zero-order chi connectivity index (χ0) is 20.1. The normalized spacial score (nSPS) is 17.2. The Hall–Kier alpha value is -2.28. The largest absolute Gasteiger partial charge is 0.301 e. The number of likely N-dealkylation sites (tertiary alicyclic amines) is 1. The van der Waals surface area contributed by atoms with Crippen molar-refractivity contribution in [2.75, 3.05) is 25.0 Å². The van der Waals surface area contributed by atoms with Crippen LogP contribution in [0.5, 0.6) is 0 Å². The number of hydrogen-bond acceptors (Lipinski definition) is 5. The number of anilines is 1. The maximum Gasteiger partial charge on any atom is 0.240 e. The van der Waals surface area contributed by atoms with Gasteiger partial charge in [-0.3, -0.25) is 14.7 Å². The summed E-state index contributed by atoms with van der Waals surface area (Å²) in [6.45, 7) is 2.18. The molecule has 3 aromatic rings. The third-order valence-electron chi connectivity index (χ3n) is 5.10. The van der Waals surface area contributed by atoms with E-state index < -0.39 is 0 Å². The number of halogens is 1. The number of amides is 1. The Labute approximate surface area is 179 Å². The van der Waals surface area contributed by atoms with Crippen molar-refractivity contribution in [3.8, 4) is 0 Å². The molecule has 150 valence electrons. The lowest BCUT2D eigenvalue weighted by Crippen LogP contribution is -2.40. The molecule has 7 heteroatoms. The molecule has 0 aliphatic carbocycles. The van der Waals surface area contributed by atoms with E-state index in [2.05, 4.69) is 33.4 Å². The average Bonchev–Trinajstić information content (AvgIpc) is 3.23. The van der Waals surface area contributed by atoms with Crippen molar-refractivity contribution in [1.82, 2.24) is 14.9 Å². The Morgan fingerprint density at radius 3 is 2.90 bits per heavy atom. The molecular formula is C22H23ClN4OS. The first-order valence-electron chi connectivity index (χ1n) is 9.78. The van der Waals surface area contributed by atoms with Gasteiger partial charge >= 0.3 is 0 Å². The van der Waals surface area contributed by atoms with Gasteiger partial charge in [0.05, 0.1) is 6.54 Å². The van der Waals surface area contributed by atoms with E-state index in [0.29, 0.717) is 17.6 Å². The van der Waals surface area contributed by atoms with E-state index in [9.17, 15) is 4.79 Å². The highest BCUT2D eigenvalue weighted by Crippen LogP contribution is 2.26. The van der Waals surface area contributed by atoms with Crippen molar-refractivity contribution >= 4 is 34.0 Å². The first kappa shape index (κ1) is 20.0. The zero-order valence-corrected chi connectivity index (χ0v) is 17.6. The Morgan fingerprint density at radius 2 is 2.10 bits per heavy atom. The van der Waals surface area contributed by atoms with Crippen LogP contribution in [0.2, 0.25) is 5.02 Å². The fourth-order valence-corrected chi connectivity index (χ4v) is 4.39. The monoisotopic (exact) mass is 426 g/mol. The highest BCUT2D eigenvalue weighted by Gasteiger charge is 2.24. The van der Waals surface area contributed by atoms with Crippen LogP contribution < -0.4 is 5.32 Å². The molecule has 4 rings (SSSR count). The van der Waals surface area contributed by atoms with E-state index in [-0.39, 0.29) is 5.91 Å². The third-order valence-corrected chi connectivity index (χ3v) is 6.04. The number of piperidine rings is 1. The first-order valence-corrected chi connectivity index (χ1v) is 11.0. The maximum atomic E-state index is 12.3. The van der Waals surface area contributed by atoms with Crippen LogP contribution in [0.25, 0.3) is 0 Å².